The molecule has 0 aliphatic rings. The molecule has 88 valence electrons. The number of hydrazine groups is 1. The van der Waals surface area contributed by atoms with Gasteiger partial charge < -0.3 is 0 Å². The minimum Gasteiger partial charge on any atom is -0.300 e. The fraction of sp³-hybridized carbons (Fsp3) is 0.800. The molecule has 0 amide bonds. The first-order chi connectivity index (χ1) is 7.31. The zero-order valence-electron chi connectivity index (χ0n) is 9.46. The topological polar surface area (TPSA) is 62.4 Å². The number of nitrogens with two attached hydrogens (primary N) is 1. The lowest BCUT2D eigenvalue weighted by molar-refractivity contribution is 0.616. The van der Waals surface area contributed by atoms with E-state index in [0.29, 0.717) is 5.11 Å². The van der Waals surface area contributed by atoms with Crippen LogP contribution in [0.1, 0.15) is 51.9 Å². The summed E-state index contributed by atoms with van der Waals surface area (Å²) in [7, 11) is 0. The van der Waals surface area contributed by atoms with E-state index in [2.05, 4.69) is 22.9 Å². The largest absolute Gasteiger partial charge is 0.300 e. The number of hydrazone groups is 1. The third-order valence-electron chi connectivity index (χ3n) is 2.08. The summed E-state index contributed by atoms with van der Waals surface area (Å²) >= 11 is 4.74. The van der Waals surface area contributed by atoms with Gasteiger partial charge in [-0.1, -0.05) is 39.0 Å². The Morgan fingerprint density at radius 3 is 2.60 bits per heavy atom. The lowest BCUT2D eigenvalue weighted by Crippen LogP contribution is -2.37. The molecule has 0 unspecified atom stereocenters. The van der Waals surface area contributed by atoms with Gasteiger partial charge in [0.25, 0.3) is 0 Å². The third-order valence-corrected chi connectivity index (χ3v) is 2.28. The molecule has 5 heteroatoms. The molecule has 0 aliphatic carbocycles. The maximum Gasteiger partial charge on any atom is 0.201 e. The predicted molar refractivity (Wildman–Crippen MR) is 69.5 cm³/mol. The van der Waals surface area contributed by atoms with Gasteiger partial charge in [-0.05, 0) is 25.1 Å². The van der Waals surface area contributed by atoms with E-state index in [4.69, 9.17) is 18.1 Å². The number of unbranched alkanes of at least 4 members (excludes halogenated alkanes) is 6. The molecule has 4 nitrogen and oxygen atoms in total. The highest BCUT2D eigenvalue weighted by Crippen LogP contribution is 2.05. The van der Waals surface area contributed by atoms with Crippen LogP contribution in [-0.2, 0) is 0 Å². The zero-order chi connectivity index (χ0) is 11.4. The highest BCUT2D eigenvalue weighted by molar-refractivity contribution is 7.80. The van der Waals surface area contributed by atoms with Gasteiger partial charge in [0.2, 0.25) is 5.11 Å². The number of thiocarbonyl (C=S) groups is 1. The second-order valence-electron chi connectivity index (χ2n) is 3.45. The molecule has 0 saturated carbocycles. The molecule has 0 aliphatic heterocycles. The van der Waals surface area contributed by atoms with Gasteiger partial charge in [0.15, 0.2) is 0 Å². The first kappa shape index (κ1) is 14.3. The SMILES string of the molecule is CCCCCCCC/C=N/NC(=S)NN. The van der Waals surface area contributed by atoms with Crippen LogP contribution in [-0.4, -0.2) is 11.3 Å². The van der Waals surface area contributed by atoms with E-state index < -0.39 is 0 Å². The fourth-order valence-corrected chi connectivity index (χ4v) is 1.27. The molecule has 0 atom stereocenters. The van der Waals surface area contributed by atoms with Gasteiger partial charge in [-0.3, -0.25) is 10.9 Å². The maximum absolute atomic E-state index is 5.05. The number of nitrogens with zero attached hydrogens (tertiary/aromatic N) is 1. The van der Waals surface area contributed by atoms with Gasteiger partial charge in [0.1, 0.15) is 0 Å². The Morgan fingerprint density at radius 2 is 1.93 bits per heavy atom. The van der Waals surface area contributed by atoms with Crippen LogP contribution >= 0.6 is 12.2 Å². The first-order valence-electron chi connectivity index (χ1n) is 5.59. The molecule has 15 heavy (non-hydrogen) atoms. The van der Waals surface area contributed by atoms with Crippen LogP contribution < -0.4 is 16.7 Å². The second kappa shape index (κ2) is 11.4. The van der Waals surface area contributed by atoms with Crippen LogP contribution in [0.2, 0.25) is 0 Å². The summed E-state index contributed by atoms with van der Waals surface area (Å²) in [5.41, 5.74) is 4.91. The van der Waals surface area contributed by atoms with Crippen molar-refractivity contribution in [2.24, 2.45) is 10.9 Å². The second-order valence-corrected chi connectivity index (χ2v) is 3.86. The minimum atomic E-state index is 0.342. The third kappa shape index (κ3) is 11.2. The van der Waals surface area contributed by atoms with E-state index in [1.807, 2.05) is 6.21 Å². The summed E-state index contributed by atoms with van der Waals surface area (Å²) in [6.07, 6.45) is 10.6. The van der Waals surface area contributed by atoms with Gasteiger partial charge in [0.05, 0.1) is 0 Å². The van der Waals surface area contributed by atoms with E-state index in [-0.39, 0.29) is 0 Å². The Labute approximate surface area is 97.7 Å². The fourth-order valence-electron chi connectivity index (χ4n) is 1.22. The Hall–Kier alpha value is -0.680. The van der Waals surface area contributed by atoms with Crippen molar-refractivity contribution in [3.8, 4) is 0 Å². The number of rotatable bonds is 8. The molecular formula is C10H22N4S. The van der Waals surface area contributed by atoms with E-state index in [0.717, 1.165) is 6.42 Å². The van der Waals surface area contributed by atoms with Gasteiger partial charge >= 0.3 is 0 Å². The Kier molecular flexibility index (Phi) is 10.9. The lowest BCUT2D eigenvalue weighted by atomic mass is 10.1. The van der Waals surface area contributed by atoms with Gasteiger partial charge in [-0.2, -0.15) is 5.10 Å². The van der Waals surface area contributed by atoms with E-state index in [1.54, 1.807) is 0 Å². The molecule has 0 bridgehead atoms. The van der Waals surface area contributed by atoms with Crippen LogP contribution in [0.25, 0.3) is 0 Å². The molecule has 4 N–H and O–H groups in total. The molecule has 0 aromatic carbocycles. The predicted octanol–water partition coefficient (Wildman–Crippen LogP) is 2.06. The molecule has 0 fully saturated rings. The van der Waals surface area contributed by atoms with Crippen molar-refractivity contribution in [2.45, 2.75) is 51.9 Å². The van der Waals surface area contributed by atoms with Crippen LogP contribution in [0, 0.1) is 0 Å². The monoisotopic (exact) mass is 230 g/mol. The molecule has 0 rings (SSSR count). The highest BCUT2D eigenvalue weighted by Gasteiger charge is 1.88. The Morgan fingerprint density at radius 1 is 1.27 bits per heavy atom. The zero-order valence-corrected chi connectivity index (χ0v) is 10.3. The van der Waals surface area contributed by atoms with Gasteiger partial charge in [-0.15, -0.1) is 0 Å². The van der Waals surface area contributed by atoms with Crippen molar-refractivity contribution in [3.05, 3.63) is 0 Å². The van der Waals surface area contributed by atoms with Crippen molar-refractivity contribution in [1.82, 2.24) is 10.9 Å². The van der Waals surface area contributed by atoms with E-state index in [9.17, 15) is 0 Å². The Balaban J connectivity index is 3.13. The van der Waals surface area contributed by atoms with Crippen LogP contribution in [0.3, 0.4) is 0 Å². The summed E-state index contributed by atoms with van der Waals surface area (Å²) in [5, 5.41) is 4.26. The van der Waals surface area contributed by atoms with Crippen molar-refractivity contribution < 1.29 is 0 Å². The number of hydrogen-bond donors (Lipinski definition) is 3. The van der Waals surface area contributed by atoms with Crippen molar-refractivity contribution >= 4 is 23.5 Å². The van der Waals surface area contributed by atoms with Crippen LogP contribution in [0.4, 0.5) is 0 Å². The standard InChI is InChI=1S/C10H22N4S/c1-2-3-4-5-6-7-8-9-12-14-10(15)13-11/h9H,2-8,11H2,1H3,(H2,13,14,15)/b12-9+. The lowest BCUT2D eigenvalue weighted by Gasteiger charge is -1.99. The average Bonchev–Trinajstić information content (AvgIpc) is 2.26. The summed E-state index contributed by atoms with van der Waals surface area (Å²) < 4.78 is 0. The molecule has 0 spiro atoms. The maximum atomic E-state index is 5.05. The summed E-state index contributed by atoms with van der Waals surface area (Å²) in [6, 6.07) is 0. The average molecular weight is 230 g/mol. The first-order valence-corrected chi connectivity index (χ1v) is 6.00. The normalized spacial score (nSPS) is 10.5. The van der Waals surface area contributed by atoms with E-state index in [1.165, 1.54) is 38.5 Å². The molecule has 0 aromatic rings. The van der Waals surface area contributed by atoms with Crippen molar-refractivity contribution in [2.75, 3.05) is 0 Å². The van der Waals surface area contributed by atoms with Crippen LogP contribution in [0.15, 0.2) is 5.10 Å². The Bertz CT molecular complexity index is 182. The van der Waals surface area contributed by atoms with Crippen LogP contribution in [0.5, 0.6) is 0 Å². The smallest absolute Gasteiger partial charge is 0.201 e. The molecule has 0 aromatic heterocycles. The summed E-state index contributed by atoms with van der Waals surface area (Å²) in [6.45, 7) is 2.23. The molecular weight excluding hydrogens is 208 g/mol. The minimum absolute atomic E-state index is 0.342. The highest BCUT2D eigenvalue weighted by atomic mass is 32.1. The van der Waals surface area contributed by atoms with Crippen molar-refractivity contribution in [3.63, 3.8) is 0 Å². The summed E-state index contributed by atoms with van der Waals surface area (Å²) in [4.78, 5) is 0. The number of nitrogens with one attached hydrogen (secondary N) is 2. The number of hydrogen-bond acceptors (Lipinski definition) is 3. The van der Waals surface area contributed by atoms with Gasteiger partial charge in [-0.25, -0.2) is 5.84 Å². The van der Waals surface area contributed by atoms with Gasteiger partial charge in [0, 0.05) is 6.21 Å². The molecule has 0 heterocycles. The summed E-state index contributed by atoms with van der Waals surface area (Å²) in [5.74, 6) is 5.05. The van der Waals surface area contributed by atoms with Crippen molar-refractivity contribution in [1.29, 1.82) is 0 Å². The molecule has 0 radical (unpaired) electrons. The van der Waals surface area contributed by atoms with E-state index >= 15 is 0 Å². The quantitative estimate of drug-likeness (QED) is 0.196. The molecule has 0 saturated heterocycles.